The van der Waals surface area contributed by atoms with Gasteiger partial charge in [0, 0.05) is 19.8 Å². The van der Waals surface area contributed by atoms with Crippen molar-refractivity contribution in [1.82, 2.24) is 0 Å². The molecule has 0 bridgehead atoms. The minimum atomic E-state index is -0.357. The fourth-order valence-corrected chi connectivity index (χ4v) is 3.00. The molecule has 0 heterocycles. The van der Waals surface area contributed by atoms with E-state index in [1.807, 2.05) is 20.8 Å². The summed E-state index contributed by atoms with van der Waals surface area (Å²) in [5.74, 6) is 0. The first kappa shape index (κ1) is 21.1. The lowest BCUT2D eigenvalue weighted by Gasteiger charge is -2.33. The standard InChI is InChI=1S/C21H36O3/c1-10-22-19(4,5)16-13-17(20(6,7)23-11-2)15-18(14-16)21(8,9)24-12-3/h13-15H,10-12H2,1-9H3. The number of benzene rings is 1. The van der Waals surface area contributed by atoms with Gasteiger partial charge in [-0.1, -0.05) is 18.2 Å². The van der Waals surface area contributed by atoms with E-state index in [1.165, 1.54) is 0 Å². The van der Waals surface area contributed by atoms with Gasteiger partial charge in [0.2, 0.25) is 0 Å². The number of hydrogen-bond acceptors (Lipinski definition) is 3. The number of rotatable bonds is 9. The molecule has 0 aliphatic carbocycles. The van der Waals surface area contributed by atoms with Gasteiger partial charge in [0.05, 0.1) is 16.8 Å². The Morgan fingerprint density at radius 3 is 0.917 bits per heavy atom. The molecule has 3 heteroatoms. The van der Waals surface area contributed by atoms with E-state index < -0.39 is 0 Å². The van der Waals surface area contributed by atoms with Crippen molar-refractivity contribution < 1.29 is 14.2 Å². The average molecular weight is 337 g/mol. The lowest BCUT2D eigenvalue weighted by Crippen LogP contribution is -2.29. The van der Waals surface area contributed by atoms with Gasteiger partial charge < -0.3 is 14.2 Å². The van der Waals surface area contributed by atoms with Gasteiger partial charge in [-0.05, 0) is 79.0 Å². The molecule has 138 valence electrons. The van der Waals surface area contributed by atoms with E-state index in [1.54, 1.807) is 0 Å². The second-order valence-corrected chi connectivity index (χ2v) is 7.63. The summed E-state index contributed by atoms with van der Waals surface area (Å²) >= 11 is 0. The molecule has 24 heavy (non-hydrogen) atoms. The van der Waals surface area contributed by atoms with Crippen LogP contribution in [0.2, 0.25) is 0 Å². The van der Waals surface area contributed by atoms with Gasteiger partial charge in [0.1, 0.15) is 0 Å². The second kappa shape index (κ2) is 7.99. The van der Waals surface area contributed by atoms with Crippen molar-refractivity contribution >= 4 is 0 Å². The smallest absolute Gasteiger partial charge is 0.0875 e. The summed E-state index contributed by atoms with van der Waals surface area (Å²) in [4.78, 5) is 0. The molecule has 0 saturated heterocycles. The van der Waals surface area contributed by atoms with E-state index in [0.29, 0.717) is 19.8 Å². The highest BCUT2D eigenvalue weighted by molar-refractivity contribution is 5.38. The van der Waals surface area contributed by atoms with Crippen molar-refractivity contribution in [1.29, 1.82) is 0 Å². The van der Waals surface area contributed by atoms with Gasteiger partial charge in [-0.15, -0.1) is 0 Å². The highest BCUT2D eigenvalue weighted by Crippen LogP contribution is 2.36. The molecule has 1 aromatic carbocycles. The molecule has 1 rings (SSSR count). The van der Waals surface area contributed by atoms with Gasteiger partial charge in [-0.3, -0.25) is 0 Å². The molecule has 0 aromatic heterocycles. The van der Waals surface area contributed by atoms with E-state index >= 15 is 0 Å². The molecule has 1 aromatic rings. The van der Waals surface area contributed by atoms with E-state index in [-0.39, 0.29) is 16.8 Å². The van der Waals surface area contributed by atoms with Crippen LogP contribution in [0.4, 0.5) is 0 Å². The Morgan fingerprint density at radius 2 is 0.750 bits per heavy atom. The van der Waals surface area contributed by atoms with Crippen molar-refractivity contribution in [2.45, 2.75) is 79.1 Å². The Balaban J connectivity index is 3.50. The normalized spacial score (nSPS) is 13.4. The summed E-state index contributed by atoms with van der Waals surface area (Å²) in [7, 11) is 0. The van der Waals surface area contributed by atoms with Crippen LogP contribution in [-0.4, -0.2) is 19.8 Å². The minimum Gasteiger partial charge on any atom is -0.371 e. The van der Waals surface area contributed by atoms with Crippen molar-refractivity contribution in [3.8, 4) is 0 Å². The Bertz CT molecular complexity index is 441. The Kier molecular flexibility index (Phi) is 7.04. The van der Waals surface area contributed by atoms with E-state index in [2.05, 4.69) is 59.7 Å². The van der Waals surface area contributed by atoms with Crippen molar-refractivity contribution in [3.05, 3.63) is 34.9 Å². The van der Waals surface area contributed by atoms with E-state index in [9.17, 15) is 0 Å². The minimum absolute atomic E-state index is 0.357. The topological polar surface area (TPSA) is 27.7 Å². The van der Waals surface area contributed by atoms with Crippen LogP contribution in [0.3, 0.4) is 0 Å². The molecule has 0 atom stereocenters. The Morgan fingerprint density at radius 1 is 0.542 bits per heavy atom. The van der Waals surface area contributed by atoms with Crippen LogP contribution >= 0.6 is 0 Å². The third-order valence-corrected chi connectivity index (χ3v) is 4.53. The molecule has 0 aliphatic rings. The molecule has 3 nitrogen and oxygen atoms in total. The monoisotopic (exact) mass is 336 g/mol. The van der Waals surface area contributed by atoms with Gasteiger partial charge >= 0.3 is 0 Å². The van der Waals surface area contributed by atoms with E-state index in [0.717, 1.165) is 16.7 Å². The fourth-order valence-electron chi connectivity index (χ4n) is 3.00. The predicted molar refractivity (Wildman–Crippen MR) is 100 cm³/mol. The van der Waals surface area contributed by atoms with Crippen LogP contribution in [0.25, 0.3) is 0 Å². The van der Waals surface area contributed by atoms with Crippen LogP contribution in [0.5, 0.6) is 0 Å². The molecule has 0 aliphatic heterocycles. The van der Waals surface area contributed by atoms with Crippen molar-refractivity contribution in [2.75, 3.05) is 19.8 Å². The molecule has 0 saturated carbocycles. The summed E-state index contributed by atoms with van der Waals surface area (Å²) in [6.45, 7) is 20.8. The first-order chi connectivity index (χ1) is 11.0. The molecular formula is C21H36O3. The lowest BCUT2D eigenvalue weighted by atomic mass is 9.84. The summed E-state index contributed by atoms with van der Waals surface area (Å²) < 4.78 is 18.0. The average Bonchev–Trinajstić information content (AvgIpc) is 2.46. The number of ether oxygens (including phenoxy) is 3. The van der Waals surface area contributed by atoms with Crippen LogP contribution in [-0.2, 0) is 31.0 Å². The molecule has 0 radical (unpaired) electrons. The fraction of sp³-hybridized carbons (Fsp3) is 0.714. The molecule has 0 unspecified atom stereocenters. The molecule has 0 amide bonds. The third kappa shape index (κ3) is 5.05. The third-order valence-electron chi connectivity index (χ3n) is 4.53. The summed E-state index contributed by atoms with van der Waals surface area (Å²) in [6, 6.07) is 6.62. The summed E-state index contributed by atoms with van der Waals surface area (Å²) in [6.07, 6.45) is 0. The van der Waals surface area contributed by atoms with Crippen molar-refractivity contribution in [2.24, 2.45) is 0 Å². The van der Waals surface area contributed by atoms with Crippen LogP contribution in [0.1, 0.15) is 79.0 Å². The lowest BCUT2D eigenvalue weighted by molar-refractivity contribution is -0.0241. The zero-order valence-corrected chi connectivity index (χ0v) is 17.1. The zero-order chi connectivity index (χ0) is 18.6. The van der Waals surface area contributed by atoms with Gasteiger partial charge in [0.25, 0.3) is 0 Å². The molecular weight excluding hydrogens is 300 g/mol. The first-order valence-electron chi connectivity index (χ1n) is 9.08. The highest BCUT2D eigenvalue weighted by Gasteiger charge is 2.30. The highest BCUT2D eigenvalue weighted by atomic mass is 16.5. The van der Waals surface area contributed by atoms with Crippen LogP contribution in [0.15, 0.2) is 18.2 Å². The largest absolute Gasteiger partial charge is 0.371 e. The van der Waals surface area contributed by atoms with Crippen molar-refractivity contribution in [3.63, 3.8) is 0 Å². The van der Waals surface area contributed by atoms with Crippen LogP contribution in [0, 0.1) is 0 Å². The quantitative estimate of drug-likeness (QED) is 0.596. The molecule has 0 fully saturated rings. The van der Waals surface area contributed by atoms with Gasteiger partial charge in [-0.2, -0.15) is 0 Å². The summed E-state index contributed by atoms with van der Waals surface area (Å²) in [5, 5.41) is 0. The van der Waals surface area contributed by atoms with Gasteiger partial charge in [0.15, 0.2) is 0 Å². The van der Waals surface area contributed by atoms with Gasteiger partial charge in [-0.25, -0.2) is 0 Å². The van der Waals surface area contributed by atoms with Crippen LogP contribution < -0.4 is 0 Å². The zero-order valence-electron chi connectivity index (χ0n) is 17.1. The molecule has 0 N–H and O–H groups in total. The maximum Gasteiger partial charge on any atom is 0.0875 e. The Hall–Kier alpha value is -0.900. The predicted octanol–water partition coefficient (Wildman–Crippen LogP) is 5.50. The SMILES string of the molecule is CCOC(C)(C)c1cc(C(C)(C)OCC)cc(C(C)(C)OCC)c1. The maximum absolute atomic E-state index is 5.99. The second-order valence-electron chi connectivity index (χ2n) is 7.63. The maximum atomic E-state index is 5.99. The Labute approximate surface area is 148 Å². The first-order valence-corrected chi connectivity index (χ1v) is 9.08. The number of hydrogen-bond donors (Lipinski definition) is 0. The molecule has 0 spiro atoms. The summed E-state index contributed by atoms with van der Waals surface area (Å²) in [5.41, 5.74) is 2.38. The van der Waals surface area contributed by atoms with E-state index in [4.69, 9.17) is 14.2 Å².